The van der Waals surface area contributed by atoms with Gasteiger partial charge in [-0.2, -0.15) is 0 Å². The molecule has 3 heterocycles. The monoisotopic (exact) mass is 517 g/mol. The SMILES string of the molecule is Cn1c2c(c3ccccc31)C(C(=O)NCc1ccc(F)cc1)N(c1ccc3c(c1)OCCO3)C(=O)CS2. The number of hydrogen-bond donors (Lipinski definition) is 1. The highest BCUT2D eigenvalue weighted by Gasteiger charge is 2.40. The molecule has 0 saturated carbocycles. The maximum atomic E-state index is 14.0. The fourth-order valence-electron chi connectivity index (χ4n) is 4.92. The Bertz CT molecular complexity index is 1520. The summed E-state index contributed by atoms with van der Waals surface area (Å²) < 4.78 is 26.9. The maximum absolute atomic E-state index is 14.0. The lowest BCUT2D eigenvalue weighted by Gasteiger charge is -2.31. The van der Waals surface area contributed by atoms with Gasteiger partial charge < -0.3 is 19.4 Å². The number of ether oxygens (including phenoxy) is 2. The lowest BCUT2D eigenvalue weighted by atomic mass is 10.0. The van der Waals surface area contributed by atoms with E-state index < -0.39 is 6.04 Å². The molecular weight excluding hydrogens is 493 g/mol. The highest BCUT2D eigenvalue weighted by molar-refractivity contribution is 8.00. The molecule has 1 aromatic heterocycles. The normalized spacial score (nSPS) is 16.9. The van der Waals surface area contributed by atoms with Gasteiger partial charge >= 0.3 is 0 Å². The molecule has 188 valence electrons. The summed E-state index contributed by atoms with van der Waals surface area (Å²) in [4.78, 5) is 29.2. The van der Waals surface area contributed by atoms with Crippen LogP contribution in [-0.2, 0) is 23.2 Å². The van der Waals surface area contributed by atoms with E-state index in [4.69, 9.17) is 9.47 Å². The molecule has 2 amide bonds. The van der Waals surface area contributed by atoms with E-state index in [2.05, 4.69) is 5.32 Å². The van der Waals surface area contributed by atoms with Crippen LogP contribution in [0.5, 0.6) is 11.5 Å². The Kier molecular flexibility index (Phi) is 6.00. The summed E-state index contributed by atoms with van der Waals surface area (Å²) in [5.41, 5.74) is 3.07. The van der Waals surface area contributed by atoms with Crippen molar-refractivity contribution in [3.63, 3.8) is 0 Å². The first-order chi connectivity index (χ1) is 18.0. The summed E-state index contributed by atoms with van der Waals surface area (Å²) in [6.07, 6.45) is 0. The van der Waals surface area contributed by atoms with Gasteiger partial charge in [0.2, 0.25) is 11.8 Å². The molecule has 1 unspecified atom stereocenters. The highest BCUT2D eigenvalue weighted by Crippen LogP contribution is 2.45. The van der Waals surface area contributed by atoms with Crippen LogP contribution in [0.3, 0.4) is 0 Å². The highest BCUT2D eigenvalue weighted by atomic mass is 32.2. The third kappa shape index (κ3) is 4.19. The summed E-state index contributed by atoms with van der Waals surface area (Å²) in [6, 6.07) is 18.2. The third-order valence-corrected chi connectivity index (χ3v) is 7.81. The maximum Gasteiger partial charge on any atom is 0.248 e. The summed E-state index contributed by atoms with van der Waals surface area (Å²) >= 11 is 1.43. The number of benzene rings is 3. The second-order valence-electron chi connectivity index (χ2n) is 8.92. The fourth-order valence-corrected chi connectivity index (χ4v) is 5.99. The second kappa shape index (κ2) is 9.48. The van der Waals surface area contributed by atoms with Crippen molar-refractivity contribution < 1.29 is 23.5 Å². The Hall–Kier alpha value is -3.98. The number of nitrogens with zero attached hydrogens (tertiary/aromatic N) is 2. The lowest BCUT2D eigenvalue weighted by molar-refractivity contribution is -0.125. The minimum absolute atomic E-state index is 0.174. The van der Waals surface area contributed by atoms with Gasteiger partial charge in [0.05, 0.1) is 10.8 Å². The number of amides is 2. The number of carbonyl (C=O) groups excluding carboxylic acids is 2. The topological polar surface area (TPSA) is 72.8 Å². The van der Waals surface area contributed by atoms with Crippen LogP contribution in [0.1, 0.15) is 17.2 Å². The molecule has 1 atom stereocenters. The van der Waals surface area contributed by atoms with Crippen LogP contribution in [0, 0.1) is 5.82 Å². The molecule has 0 saturated heterocycles. The predicted molar refractivity (Wildman–Crippen MR) is 140 cm³/mol. The Morgan fingerprint density at radius 2 is 1.81 bits per heavy atom. The van der Waals surface area contributed by atoms with Gasteiger partial charge in [-0.15, -0.1) is 0 Å². The van der Waals surface area contributed by atoms with E-state index in [9.17, 15) is 14.0 Å². The van der Waals surface area contributed by atoms with Crippen molar-refractivity contribution in [2.75, 3.05) is 23.9 Å². The Morgan fingerprint density at radius 1 is 1.05 bits per heavy atom. The van der Waals surface area contributed by atoms with Crippen LogP contribution in [0.4, 0.5) is 10.1 Å². The third-order valence-electron chi connectivity index (χ3n) is 6.66. The molecule has 0 fully saturated rings. The van der Waals surface area contributed by atoms with Crippen LogP contribution in [0.15, 0.2) is 71.8 Å². The van der Waals surface area contributed by atoms with Crippen LogP contribution in [0.2, 0.25) is 0 Å². The number of hydrogen-bond acceptors (Lipinski definition) is 5. The molecule has 0 radical (unpaired) electrons. The van der Waals surface area contributed by atoms with Gasteiger partial charge in [0.15, 0.2) is 11.5 Å². The molecule has 2 aliphatic heterocycles. The number of fused-ring (bicyclic) bond motifs is 4. The zero-order chi connectivity index (χ0) is 25.5. The first-order valence-corrected chi connectivity index (χ1v) is 12.9. The fraction of sp³-hybridized carbons (Fsp3) is 0.214. The molecule has 1 N–H and O–H groups in total. The molecule has 6 rings (SSSR count). The molecule has 3 aromatic carbocycles. The van der Waals surface area contributed by atoms with E-state index in [0.29, 0.717) is 30.4 Å². The summed E-state index contributed by atoms with van der Waals surface area (Å²) in [5, 5.41) is 4.76. The van der Waals surface area contributed by atoms with Gasteiger partial charge in [0.1, 0.15) is 25.1 Å². The first-order valence-electron chi connectivity index (χ1n) is 12.0. The number of rotatable bonds is 4. The van der Waals surface area contributed by atoms with E-state index in [1.165, 1.54) is 23.9 Å². The average Bonchev–Trinajstić information content (AvgIpc) is 3.10. The number of thioether (sulfide) groups is 1. The van der Waals surface area contributed by atoms with Gasteiger partial charge in [0.25, 0.3) is 0 Å². The molecule has 0 spiro atoms. The van der Waals surface area contributed by atoms with E-state index in [-0.39, 0.29) is 29.9 Å². The van der Waals surface area contributed by atoms with Crippen LogP contribution < -0.4 is 19.7 Å². The molecule has 7 nitrogen and oxygen atoms in total. The van der Waals surface area contributed by atoms with Crippen molar-refractivity contribution in [1.29, 1.82) is 0 Å². The summed E-state index contributed by atoms with van der Waals surface area (Å²) in [6.45, 7) is 1.07. The molecular formula is C28H24FN3O4S. The van der Waals surface area contributed by atoms with Crippen LogP contribution >= 0.6 is 11.8 Å². The van der Waals surface area contributed by atoms with Crippen molar-refractivity contribution >= 4 is 40.2 Å². The summed E-state index contributed by atoms with van der Waals surface area (Å²) in [5.74, 6) is 0.461. The van der Waals surface area contributed by atoms with Gasteiger partial charge in [-0.3, -0.25) is 14.5 Å². The van der Waals surface area contributed by atoms with Crippen molar-refractivity contribution in [2.45, 2.75) is 17.6 Å². The summed E-state index contributed by atoms with van der Waals surface area (Å²) in [7, 11) is 1.95. The van der Waals surface area contributed by atoms with Gasteiger partial charge in [-0.1, -0.05) is 42.1 Å². The quantitative estimate of drug-likeness (QED) is 0.429. The molecule has 2 aliphatic rings. The van der Waals surface area contributed by atoms with E-state index in [1.807, 2.05) is 35.9 Å². The van der Waals surface area contributed by atoms with E-state index >= 15 is 0 Å². The van der Waals surface area contributed by atoms with E-state index in [1.54, 1.807) is 35.2 Å². The molecule has 37 heavy (non-hydrogen) atoms. The molecule has 0 aliphatic carbocycles. The largest absolute Gasteiger partial charge is 0.486 e. The second-order valence-corrected chi connectivity index (χ2v) is 9.89. The lowest BCUT2D eigenvalue weighted by Crippen LogP contribution is -2.43. The zero-order valence-corrected chi connectivity index (χ0v) is 20.9. The van der Waals surface area contributed by atoms with Crippen molar-refractivity contribution in [3.05, 3.63) is 83.7 Å². The van der Waals surface area contributed by atoms with Crippen molar-refractivity contribution in [3.8, 4) is 11.5 Å². The molecule has 4 aromatic rings. The minimum atomic E-state index is -0.924. The molecule has 0 bridgehead atoms. The van der Waals surface area contributed by atoms with Crippen molar-refractivity contribution in [1.82, 2.24) is 9.88 Å². The number of nitrogens with one attached hydrogen (secondary N) is 1. The van der Waals surface area contributed by atoms with Crippen LogP contribution in [0.25, 0.3) is 10.9 Å². The molecule has 9 heteroatoms. The average molecular weight is 518 g/mol. The first kappa shape index (κ1) is 23.4. The van der Waals surface area contributed by atoms with E-state index in [0.717, 1.165) is 27.1 Å². The minimum Gasteiger partial charge on any atom is -0.486 e. The van der Waals surface area contributed by atoms with Crippen LogP contribution in [-0.4, -0.2) is 35.3 Å². The Labute approximate surface area is 217 Å². The number of anilines is 1. The number of para-hydroxylation sites is 1. The number of aryl methyl sites for hydroxylation is 1. The van der Waals surface area contributed by atoms with Gasteiger partial charge in [-0.05, 0) is 35.9 Å². The van der Waals surface area contributed by atoms with Crippen molar-refractivity contribution in [2.24, 2.45) is 7.05 Å². The zero-order valence-electron chi connectivity index (χ0n) is 20.1. The number of carbonyl (C=O) groups is 2. The number of halogens is 1. The van der Waals surface area contributed by atoms with Gasteiger partial charge in [0, 0.05) is 41.8 Å². The Balaban J connectivity index is 1.47. The Morgan fingerprint density at radius 3 is 2.62 bits per heavy atom. The van der Waals surface area contributed by atoms with Gasteiger partial charge in [-0.25, -0.2) is 4.39 Å². The number of aromatic nitrogens is 1. The predicted octanol–water partition coefficient (Wildman–Crippen LogP) is 4.59. The standard InChI is InChI=1S/C28H24FN3O4S/c1-31-21-5-3-2-4-20(21)25-26(27(34)30-15-17-6-8-18(29)9-7-17)32(24(33)16-37-28(25)31)19-10-11-22-23(14-19)36-13-12-35-22/h2-11,14,26H,12-13,15-16H2,1H3,(H,30,34). The smallest absolute Gasteiger partial charge is 0.248 e.